The standard InChI is InChI=1S/C26H30BFO6.C2H6.CH4O/c1-25(2)26(3,4)34-27(33-25)19-9-10-20(28)24-18(19)8-11-21(24)32-16-6-7-17-15(12-23(29)30-5)14-31-22(17)13-16;2*1-2/h6-7,9-10,13,15,21H,8,11-12,14H2,1-5H3;1-2H3;2H,1H3/t15-,21-;;/m1../s1. The number of hydrogen-bond donors (Lipinski definition) is 1. The van der Waals surface area contributed by atoms with Crippen LogP contribution in [0.3, 0.4) is 0 Å². The lowest BCUT2D eigenvalue weighted by molar-refractivity contribution is -0.141. The molecule has 0 spiro atoms. The Morgan fingerprint density at radius 3 is 2.39 bits per heavy atom. The molecule has 1 fully saturated rings. The van der Waals surface area contributed by atoms with Crippen LogP contribution in [0, 0.1) is 5.82 Å². The number of methoxy groups -OCH3 is 1. The number of hydrogen-bond acceptors (Lipinski definition) is 7. The van der Waals surface area contributed by atoms with Gasteiger partial charge < -0.3 is 28.6 Å². The zero-order valence-electron chi connectivity index (χ0n) is 23.7. The second kappa shape index (κ2) is 12.1. The second-order valence-corrected chi connectivity index (χ2v) is 10.3. The predicted octanol–water partition coefficient (Wildman–Crippen LogP) is 4.87. The highest BCUT2D eigenvalue weighted by Crippen LogP contribution is 2.42. The molecule has 3 aliphatic rings. The average Bonchev–Trinajstić information content (AvgIpc) is 3.56. The van der Waals surface area contributed by atoms with Crippen LogP contribution in [0.4, 0.5) is 4.39 Å². The van der Waals surface area contributed by atoms with E-state index in [1.54, 1.807) is 6.07 Å². The van der Waals surface area contributed by atoms with Crippen molar-refractivity contribution in [3.63, 3.8) is 0 Å². The molecule has 1 saturated heterocycles. The molecule has 0 unspecified atom stereocenters. The summed E-state index contributed by atoms with van der Waals surface area (Å²) in [5.74, 6) is 0.710. The first-order chi connectivity index (χ1) is 18.1. The minimum Gasteiger partial charge on any atom is -0.492 e. The molecule has 9 heteroatoms. The Balaban J connectivity index is 0.000000956. The third-order valence-electron chi connectivity index (χ3n) is 7.61. The number of aliphatic hydroxyl groups is 1. The summed E-state index contributed by atoms with van der Waals surface area (Å²) < 4.78 is 44.3. The van der Waals surface area contributed by atoms with Gasteiger partial charge in [-0.2, -0.15) is 0 Å². The highest BCUT2D eigenvalue weighted by molar-refractivity contribution is 6.62. The summed E-state index contributed by atoms with van der Waals surface area (Å²) in [4.78, 5) is 11.7. The largest absolute Gasteiger partial charge is 0.495 e. The number of halogens is 1. The van der Waals surface area contributed by atoms with Crippen LogP contribution >= 0.6 is 0 Å². The third-order valence-corrected chi connectivity index (χ3v) is 7.61. The Labute approximate surface area is 225 Å². The van der Waals surface area contributed by atoms with Gasteiger partial charge >= 0.3 is 13.1 Å². The van der Waals surface area contributed by atoms with Crippen LogP contribution in [0.2, 0.25) is 0 Å². The maximum Gasteiger partial charge on any atom is 0.495 e. The molecule has 2 aromatic rings. The van der Waals surface area contributed by atoms with Gasteiger partial charge in [0, 0.05) is 30.2 Å². The molecular weight excluding hydrogens is 490 g/mol. The number of carbonyl (C=O) groups is 1. The SMILES string of the molecule is CC.CO.COC(=O)C[C@@H]1COc2cc(O[C@@H]3CCc4c(B5OC(C)(C)C(C)(C)O5)ccc(F)c43)ccc21. The van der Waals surface area contributed by atoms with Gasteiger partial charge in [-0.1, -0.05) is 26.0 Å². The van der Waals surface area contributed by atoms with Gasteiger partial charge in [0.15, 0.2) is 0 Å². The molecule has 0 amide bonds. The molecule has 208 valence electrons. The first-order valence-corrected chi connectivity index (χ1v) is 13.2. The number of aliphatic hydroxyl groups excluding tert-OH is 1. The van der Waals surface area contributed by atoms with E-state index >= 15 is 4.39 Å². The molecule has 2 heterocycles. The van der Waals surface area contributed by atoms with Crippen molar-refractivity contribution in [3.8, 4) is 11.5 Å². The van der Waals surface area contributed by atoms with Crippen LogP contribution in [0.5, 0.6) is 11.5 Å². The van der Waals surface area contributed by atoms with E-state index in [1.165, 1.54) is 13.2 Å². The van der Waals surface area contributed by atoms with Crippen molar-refractivity contribution in [2.45, 2.75) is 84.0 Å². The maximum absolute atomic E-state index is 15.0. The monoisotopic (exact) mass is 530 g/mol. The smallest absolute Gasteiger partial charge is 0.492 e. The molecule has 0 bridgehead atoms. The molecular formula is C29H40BFO7. The van der Waals surface area contributed by atoms with Gasteiger partial charge in [0.25, 0.3) is 0 Å². The summed E-state index contributed by atoms with van der Waals surface area (Å²) >= 11 is 0. The Bertz CT molecular complexity index is 1120. The van der Waals surface area contributed by atoms with Gasteiger partial charge in [0.05, 0.1) is 31.3 Å². The van der Waals surface area contributed by atoms with E-state index in [2.05, 4.69) is 0 Å². The normalized spacial score (nSPS) is 21.7. The van der Waals surface area contributed by atoms with Crippen molar-refractivity contribution in [1.82, 2.24) is 0 Å². The molecule has 1 N–H and O–H groups in total. The molecule has 7 nitrogen and oxygen atoms in total. The molecule has 5 rings (SSSR count). The van der Waals surface area contributed by atoms with E-state index in [9.17, 15) is 4.79 Å². The summed E-state index contributed by atoms with van der Waals surface area (Å²) in [6.07, 6.45) is 1.20. The molecule has 0 radical (unpaired) electrons. The molecule has 2 aliphatic heterocycles. The fraction of sp³-hybridized carbons (Fsp3) is 0.552. The van der Waals surface area contributed by atoms with Gasteiger partial charge in [0.2, 0.25) is 0 Å². The number of fused-ring (bicyclic) bond motifs is 2. The van der Waals surface area contributed by atoms with Crippen LogP contribution in [0.1, 0.15) is 83.1 Å². The second-order valence-electron chi connectivity index (χ2n) is 10.3. The minimum atomic E-state index is -0.543. The zero-order valence-corrected chi connectivity index (χ0v) is 23.7. The summed E-state index contributed by atoms with van der Waals surface area (Å²) in [5.41, 5.74) is 2.35. The maximum atomic E-state index is 15.0. The fourth-order valence-corrected chi connectivity index (χ4v) is 4.96. The van der Waals surface area contributed by atoms with Crippen molar-refractivity contribution in [2.75, 3.05) is 20.8 Å². The highest BCUT2D eigenvalue weighted by atomic mass is 19.1. The number of carbonyl (C=O) groups excluding carboxylic acids is 1. The minimum absolute atomic E-state index is 0.0383. The van der Waals surface area contributed by atoms with Crippen LogP contribution in [0.25, 0.3) is 0 Å². The quantitative estimate of drug-likeness (QED) is 0.437. The van der Waals surface area contributed by atoms with Gasteiger partial charge in [0.1, 0.15) is 23.4 Å². The predicted molar refractivity (Wildman–Crippen MR) is 145 cm³/mol. The number of rotatable bonds is 5. The van der Waals surface area contributed by atoms with Crippen molar-refractivity contribution in [2.24, 2.45) is 0 Å². The van der Waals surface area contributed by atoms with E-state index < -0.39 is 24.4 Å². The van der Waals surface area contributed by atoms with E-state index in [1.807, 2.05) is 59.7 Å². The van der Waals surface area contributed by atoms with E-state index in [4.69, 9.17) is 28.6 Å². The molecule has 2 atom stereocenters. The van der Waals surface area contributed by atoms with Crippen molar-refractivity contribution in [3.05, 3.63) is 52.8 Å². The topological polar surface area (TPSA) is 83.5 Å². The van der Waals surface area contributed by atoms with E-state index in [0.717, 1.165) is 23.7 Å². The fourth-order valence-electron chi connectivity index (χ4n) is 4.96. The van der Waals surface area contributed by atoms with Crippen molar-refractivity contribution >= 4 is 18.6 Å². The van der Waals surface area contributed by atoms with Crippen LogP contribution < -0.4 is 14.9 Å². The summed E-state index contributed by atoms with van der Waals surface area (Å²) in [7, 11) is 1.84. The number of esters is 1. The number of benzene rings is 2. The zero-order chi connectivity index (χ0) is 28.3. The number of ether oxygens (including phenoxy) is 3. The lowest BCUT2D eigenvalue weighted by Crippen LogP contribution is -2.41. The van der Waals surface area contributed by atoms with Gasteiger partial charge in [-0.25, -0.2) is 4.39 Å². The average molecular weight is 530 g/mol. The van der Waals surface area contributed by atoms with Crippen molar-refractivity contribution < 1.29 is 37.8 Å². The van der Waals surface area contributed by atoms with Crippen molar-refractivity contribution in [1.29, 1.82) is 0 Å². The lowest BCUT2D eigenvalue weighted by Gasteiger charge is -2.32. The summed E-state index contributed by atoms with van der Waals surface area (Å²) in [6, 6.07) is 8.83. The summed E-state index contributed by atoms with van der Waals surface area (Å²) in [6.45, 7) is 12.5. The molecule has 1 aliphatic carbocycles. The highest BCUT2D eigenvalue weighted by Gasteiger charge is 2.52. The van der Waals surface area contributed by atoms with Crippen LogP contribution in [-0.4, -0.2) is 50.2 Å². The Hall–Kier alpha value is -2.62. The van der Waals surface area contributed by atoms with E-state index in [-0.39, 0.29) is 24.1 Å². The van der Waals surface area contributed by atoms with Gasteiger partial charge in [-0.05, 0) is 63.7 Å². The molecule has 38 heavy (non-hydrogen) atoms. The lowest BCUT2D eigenvalue weighted by atomic mass is 9.75. The third kappa shape index (κ3) is 5.70. The van der Waals surface area contributed by atoms with Gasteiger partial charge in [-0.3, -0.25) is 4.79 Å². The molecule has 0 saturated carbocycles. The van der Waals surface area contributed by atoms with Crippen LogP contribution in [-0.2, 0) is 25.3 Å². The van der Waals surface area contributed by atoms with Crippen LogP contribution in [0.15, 0.2) is 30.3 Å². The van der Waals surface area contributed by atoms with Gasteiger partial charge in [-0.15, -0.1) is 0 Å². The molecule has 0 aromatic heterocycles. The Kier molecular flexibility index (Phi) is 9.50. The summed E-state index contributed by atoms with van der Waals surface area (Å²) in [5, 5.41) is 7.00. The first kappa shape index (κ1) is 29.9. The Morgan fingerprint density at radius 1 is 1.11 bits per heavy atom. The molecule has 2 aromatic carbocycles. The first-order valence-electron chi connectivity index (χ1n) is 13.2. The Morgan fingerprint density at radius 2 is 1.76 bits per heavy atom. The van der Waals surface area contributed by atoms with E-state index in [0.29, 0.717) is 36.5 Å².